The van der Waals surface area contributed by atoms with Gasteiger partial charge >= 0.3 is 0 Å². The summed E-state index contributed by atoms with van der Waals surface area (Å²) in [5, 5.41) is 28.1. The lowest BCUT2D eigenvalue weighted by atomic mass is 10.2. The van der Waals surface area contributed by atoms with Crippen LogP contribution < -0.4 is 0 Å². The lowest BCUT2D eigenvalue weighted by molar-refractivity contribution is -0.384. The summed E-state index contributed by atoms with van der Waals surface area (Å²) in [6.45, 7) is 1.85. The Labute approximate surface area is 109 Å². The van der Waals surface area contributed by atoms with Gasteiger partial charge in [-0.1, -0.05) is 18.2 Å². The van der Waals surface area contributed by atoms with E-state index in [-0.39, 0.29) is 22.8 Å². The van der Waals surface area contributed by atoms with Gasteiger partial charge in [0.2, 0.25) is 0 Å². The fourth-order valence-electron chi connectivity index (χ4n) is 1.52. The molecule has 0 radical (unpaired) electrons. The molecule has 0 aliphatic rings. The number of rotatable bonds is 3. The topological polar surface area (TPSA) is 88.1 Å². The highest BCUT2D eigenvalue weighted by atomic mass is 16.6. The second kappa shape index (κ2) is 5.26. The van der Waals surface area contributed by atoms with Gasteiger partial charge in [0.1, 0.15) is 11.4 Å². The maximum Gasteiger partial charge on any atom is 0.296 e. The number of nitrogens with zero attached hydrogens (tertiary/aromatic N) is 3. The Kier molecular flexibility index (Phi) is 3.51. The van der Waals surface area contributed by atoms with Crippen LogP contribution in [0.3, 0.4) is 0 Å². The number of nitro benzene ring substituents is 1. The van der Waals surface area contributed by atoms with E-state index in [1.165, 1.54) is 18.2 Å². The Morgan fingerprint density at radius 2 is 1.79 bits per heavy atom. The predicted molar refractivity (Wildman–Crippen MR) is 70.1 cm³/mol. The molecule has 0 aliphatic heterocycles. The van der Waals surface area contributed by atoms with Crippen LogP contribution in [0.15, 0.2) is 52.7 Å². The molecule has 0 saturated carbocycles. The van der Waals surface area contributed by atoms with Crippen molar-refractivity contribution in [3.05, 3.63) is 58.1 Å². The molecule has 0 aromatic heterocycles. The zero-order valence-corrected chi connectivity index (χ0v) is 10.1. The Balaban J connectivity index is 2.38. The average Bonchev–Trinajstić information content (AvgIpc) is 2.40. The lowest BCUT2D eigenvalue weighted by Gasteiger charge is -1.99. The largest absolute Gasteiger partial charge is 0.506 e. The molecular weight excluding hydrogens is 246 g/mol. The highest BCUT2D eigenvalue weighted by molar-refractivity contribution is 5.58. The number of hydrogen-bond acceptors (Lipinski definition) is 5. The Morgan fingerprint density at radius 3 is 2.53 bits per heavy atom. The summed E-state index contributed by atoms with van der Waals surface area (Å²) in [4.78, 5) is 10.3. The maximum atomic E-state index is 10.8. The average molecular weight is 257 g/mol. The Morgan fingerprint density at radius 1 is 1.11 bits per heavy atom. The van der Waals surface area contributed by atoms with Gasteiger partial charge in [0.05, 0.1) is 4.92 Å². The van der Waals surface area contributed by atoms with Crippen molar-refractivity contribution in [2.24, 2.45) is 10.2 Å². The summed E-state index contributed by atoms with van der Waals surface area (Å²) in [7, 11) is 0. The zero-order valence-electron chi connectivity index (χ0n) is 10.1. The van der Waals surface area contributed by atoms with Crippen LogP contribution in [0.25, 0.3) is 0 Å². The minimum Gasteiger partial charge on any atom is -0.506 e. The molecule has 0 unspecified atom stereocenters. The highest BCUT2D eigenvalue weighted by Gasteiger charge is 2.11. The molecule has 2 aromatic rings. The SMILES string of the molecule is Cc1ccc(O)c(/N=N/c2ccccc2[N+](=O)[O-])c1. The van der Waals surface area contributed by atoms with E-state index in [9.17, 15) is 15.2 Å². The molecule has 0 fully saturated rings. The molecule has 0 heterocycles. The summed E-state index contributed by atoms with van der Waals surface area (Å²) < 4.78 is 0. The van der Waals surface area contributed by atoms with E-state index >= 15 is 0 Å². The van der Waals surface area contributed by atoms with Gasteiger partial charge in [-0.3, -0.25) is 10.1 Å². The monoisotopic (exact) mass is 257 g/mol. The fraction of sp³-hybridized carbons (Fsp3) is 0.0769. The zero-order chi connectivity index (χ0) is 13.8. The minimum atomic E-state index is -0.523. The second-order valence-corrected chi connectivity index (χ2v) is 3.94. The number of aryl methyl sites for hydroxylation is 1. The lowest BCUT2D eigenvalue weighted by Crippen LogP contribution is -1.87. The van der Waals surface area contributed by atoms with Crippen LogP contribution in [0, 0.1) is 17.0 Å². The second-order valence-electron chi connectivity index (χ2n) is 3.94. The van der Waals surface area contributed by atoms with Crippen molar-refractivity contribution in [3.8, 4) is 5.75 Å². The van der Waals surface area contributed by atoms with Crippen LogP contribution >= 0.6 is 0 Å². The highest BCUT2D eigenvalue weighted by Crippen LogP contribution is 2.31. The molecular formula is C13H11N3O3. The Hall–Kier alpha value is -2.76. The van der Waals surface area contributed by atoms with E-state index in [0.717, 1.165) is 5.56 Å². The number of azo groups is 1. The summed E-state index contributed by atoms with van der Waals surface area (Å²) in [5.41, 5.74) is 1.21. The predicted octanol–water partition coefficient (Wildman–Crippen LogP) is 4.02. The quantitative estimate of drug-likeness (QED) is 0.511. The number of benzene rings is 2. The first-order valence-corrected chi connectivity index (χ1v) is 5.52. The summed E-state index contributed by atoms with van der Waals surface area (Å²) in [6.07, 6.45) is 0. The van der Waals surface area contributed by atoms with Crippen LogP contribution in [-0.2, 0) is 0 Å². The van der Waals surface area contributed by atoms with Crippen LogP contribution in [-0.4, -0.2) is 10.0 Å². The van der Waals surface area contributed by atoms with Gasteiger partial charge < -0.3 is 5.11 Å². The third-order valence-electron chi connectivity index (χ3n) is 2.47. The van der Waals surface area contributed by atoms with Crippen molar-refractivity contribution in [3.63, 3.8) is 0 Å². The standard InChI is InChI=1S/C13H11N3O3/c1-9-6-7-13(17)11(8-9)15-14-10-4-2-3-5-12(10)16(18)19/h2-8,17H,1H3/b15-14+. The fourth-order valence-corrected chi connectivity index (χ4v) is 1.52. The van der Waals surface area contributed by atoms with Crippen molar-refractivity contribution in [2.75, 3.05) is 0 Å². The van der Waals surface area contributed by atoms with Gasteiger partial charge in [-0.2, -0.15) is 0 Å². The molecule has 6 nitrogen and oxygen atoms in total. The molecule has 0 spiro atoms. The van der Waals surface area contributed by atoms with Gasteiger partial charge in [0, 0.05) is 6.07 Å². The molecule has 2 aromatic carbocycles. The first-order valence-electron chi connectivity index (χ1n) is 5.52. The normalized spacial score (nSPS) is 10.8. The smallest absolute Gasteiger partial charge is 0.296 e. The summed E-state index contributed by atoms with van der Waals surface area (Å²) >= 11 is 0. The third-order valence-corrected chi connectivity index (χ3v) is 2.47. The minimum absolute atomic E-state index is 0.0204. The van der Waals surface area contributed by atoms with Crippen LogP contribution in [0.4, 0.5) is 17.1 Å². The summed E-state index contributed by atoms with van der Waals surface area (Å²) in [5.74, 6) is -0.0204. The Bertz CT molecular complexity index is 653. The van der Waals surface area contributed by atoms with Crippen LogP contribution in [0.2, 0.25) is 0 Å². The van der Waals surface area contributed by atoms with Gasteiger partial charge in [-0.15, -0.1) is 10.2 Å². The van der Waals surface area contributed by atoms with Crippen molar-refractivity contribution >= 4 is 17.1 Å². The van der Waals surface area contributed by atoms with E-state index in [4.69, 9.17) is 0 Å². The van der Waals surface area contributed by atoms with Crippen LogP contribution in [0.1, 0.15) is 5.56 Å². The molecule has 0 saturated heterocycles. The van der Waals surface area contributed by atoms with Crippen molar-refractivity contribution in [2.45, 2.75) is 6.92 Å². The van der Waals surface area contributed by atoms with Crippen molar-refractivity contribution in [1.29, 1.82) is 0 Å². The first kappa shape index (κ1) is 12.7. The maximum absolute atomic E-state index is 10.8. The van der Waals surface area contributed by atoms with E-state index in [1.807, 2.05) is 6.92 Å². The molecule has 0 bridgehead atoms. The van der Waals surface area contributed by atoms with Gasteiger partial charge in [-0.05, 0) is 30.7 Å². The molecule has 6 heteroatoms. The molecule has 0 atom stereocenters. The molecule has 0 amide bonds. The van der Waals surface area contributed by atoms with Crippen molar-refractivity contribution < 1.29 is 10.0 Å². The van der Waals surface area contributed by atoms with Crippen molar-refractivity contribution in [1.82, 2.24) is 0 Å². The number of para-hydroxylation sites is 1. The third kappa shape index (κ3) is 2.92. The van der Waals surface area contributed by atoms with Gasteiger partial charge in [-0.25, -0.2) is 0 Å². The van der Waals surface area contributed by atoms with Crippen LogP contribution in [0.5, 0.6) is 5.75 Å². The molecule has 19 heavy (non-hydrogen) atoms. The molecule has 1 N–H and O–H groups in total. The summed E-state index contributed by atoms with van der Waals surface area (Å²) in [6, 6.07) is 10.9. The molecule has 96 valence electrons. The number of hydrogen-bond donors (Lipinski definition) is 1. The molecule has 0 aliphatic carbocycles. The van der Waals surface area contributed by atoms with E-state index in [2.05, 4.69) is 10.2 Å². The van der Waals surface area contributed by atoms with E-state index in [1.54, 1.807) is 24.3 Å². The number of phenolic OH excluding ortho intramolecular Hbond substituents is 1. The van der Waals surface area contributed by atoms with E-state index < -0.39 is 4.92 Å². The number of phenols is 1. The van der Waals surface area contributed by atoms with Gasteiger partial charge in [0.15, 0.2) is 5.69 Å². The first-order chi connectivity index (χ1) is 9.08. The molecule has 2 rings (SSSR count). The number of aromatic hydroxyl groups is 1. The number of nitro groups is 1. The van der Waals surface area contributed by atoms with E-state index in [0.29, 0.717) is 0 Å². The van der Waals surface area contributed by atoms with Gasteiger partial charge in [0.25, 0.3) is 5.69 Å².